The average Bonchev–Trinajstić information content (AvgIpc) is 2.80. The molecule has 6 nitrogen and oxygen atoms in total. The number of hydrogen-bond acceptors (Lipinski definition) is 3. The van der Waals surface area contributed by atoms with Gasteiger partial charge in [0.1, 0.15) is 11.6 Å². The van der Waals surface area contributed by atoms with E-state index in [2.05, 4.69) is 10.3 Å². The first-order valence-corrected chi connectivity index (χ1v) is 6.01. The Kier molecular flexibility index (Phi) is 3.79. The van der Waals surface area contributed by atoms with Crippen molar-refractivity contribution in [1.29, 1.82) is 0 Å². The highest BCUT2D eigenvalue weighted by Crippen LogP contribution is 2.04. The molecular weight excluding hydrogens is 246 g/mol. The van der Waals surface area contributed by atoms with Gasteiger partial charge in [-0.25, -0.2) is 4.98 Å². The Bertz CT molecular complexity index is 573. The number of pyridine rings is 1. The minimum Gasteiger partial charge on any atom is -0.481 e. The monoisotopic (exact) mass is 261 g/mol. The first kappa shape index (κ1) is 13.1. The van der Waals surface area contributed by atoms with E-state index in [-0.39, 0.29) is 0 Å². The molecule has 19 heavy (non-hydrogen) atoms. The highest BCUT2D eigenvalue weighted by atomic mass is 16.4. The number of fused-ring (bicyclic) bond motifs is 1. The lowest BCUT2D eigenvalue weighted by atomic mass is 10.1. The van der Waals surface area contributed by atoms with Gasteiger partial charge in [-0.1, -0.05) is 6.07 Å². The molecule has 1 unspecified atom stereocenters. The number of hydrogen-bond donors (Lipinski definition) is 2. The number of amides is 1. The van der Waals surface area contributed by atoms with Crippen LogP contribution in [0.15, 0.2) is 30.6 Å². The number of carbonyl (C=O) groups excluding carboxylic acids is 1. The normalized spacial score (nSPS) is 12.3. The maximum absolute atomic E-state index is 11.4. The number of nitrogens with zero attached hydrogens (tertiary/aromatic N) is 2. The maximum Gasteiger partial charge on any atom is 0.315 e. The van der Waals surface area contributed by atoms with Gasteiger partial charge in [-0.2, -0.15) is 0 Å². The number of carboxylic acids is 1. The molecule has 0 bridgehead atoms. The third-order valence-electron chi connectivity index (χ3n) is 2.86. The summed E-state index contributed by atoms with van der Waals surface area (Å²) in [5.74, 6) is -2.62. The van der Waals surface area contributed by atoms with Crippen LogP contribution in [0.2, 0.25) is 0 Å². The van der Waals surface area contributed by atoms with Crippen LogP contribution in [0.25, 0.3) is 5.65 Å². The Labute approximate surface area is 110 Å². The van der Waals surface area contributed by atoms with Gasteiger partial charge in [0.2, 0.25) is 5.91 Å². The van der Waals surface area contributed by atoms with Crippen LogP contribution < -0.4 is 5.32 Å². The quantitative estimate of drug-likeness (QED) is 0.776. The number of carbonyl (C=O) groups is 2. The molecule has 2 N–H and O–H groups in total. The Balaban J connectivity index is 1.89. The fourth-order valence-electron chi connectivity index (χ4n) is 1.69. The number of aromatic nitrogens is 2. The summed E-state index contributed by atoms with van der Waals surface area (Å²) in [4.78, 5) is 26.4. The molecular formula is C13H15N3O3. The van der Waals surface area contributed by atoms with Crippen molar-refractivity contribution >= 4 is 17.5 Å². The van der Waals surface area contributed by atoms with Gasteiger partial charge in [0, 0.05) is 25.4 Å². The highest BCUT2D eigenvalue weighted by Gasteiger charge is 2.19. The molecule has 6 heteroatoms. The molecule has 2 rings (SSSR count). The van der Waals surface area contributed by atoms with Crippen LogP contribution in [0.3, 0.4) is 0 Å². The van der Waals surface area contributed by atoms with E-state index in [9.17, 15) is 9.59 Å². The molecule has 0 aromatic carbocycles. The van der Waals surface area contributed by atoms with Crippen molar-refractivity contribution in [3.8, 4) is 0 Å². The standard InChI is InChI=1S/C13H15N3O3/c1-9(13(18)19)12(17)14-6-5-10-8-16-7-3-2-4-11(16)15-10/h2-4,7-9H,5-6H2,1H3,(H,14,17)(H,18,19). The molecule has 0 saturated carbocycles. The van der Waals surface area contributed by atoms with Crippen molar-refractivity contribution in [2.45, 2.75) is 13.3 Å². The molecule has 0 radical (unpaired) electrons. The Morgan fingerprint density at radius 1 is 1.47 bits per heavy atom. The molecule has 0 fully saturated rings. The predicted octanol–water partition coefficient (Wildman–Crippen LogP) is 0.714. The van der Waals surface area contributed by atoms with Gasteiger partial charge >= 0.3 is 5.97 Å². The molecule has 1 atom stereocenters. The van der Waals surface area contributed by atoms with Crippen molar-refractivity contribution < 1.29 is 14.7 Å². The first-order valence-electron chi connectivity index (χ1n) is 6.01. The molecule has 2 heterocycles. The number of imidazole rings is 1. The molecule has 0 aliphatic carbocycles. The number of carboxylic acid groups (broad SMARTS) is 1. The lowest BCUT2D eigenvalue weighted by Gasteiger charge is -2.06. The SMILES string of the molecule is CC(C(=O)O)C(=O)NCCc1cn2ccccc2n1. The summed E-state index contributed by atoms with van der Waals surface area (Å²) in [5.41, 5.74) is 1.71. The number of aliphatic carboxylic acids is 1. The van der Waals surface area contributed by atoms with E-state index in [0.29, 0.717) is 13.0 Å². The van der Waals surface area contributed by atoms with E-state index < -0.39 is 17.8 Å². The van der Waals surface area contributed by atoms with Crippen molar-refractivity contribution in [1.82, 2.24) is 14.7 Å². The maximum atomic E-state index is 11.4. The van der Waals surface area contributed by atoms with Gasteiger partial charge in [0.25, 0.3) is 0 Å². The van der Waals surface area contributed by atoms with E-state index in [1.807, 2.05) is 35.0 Å². The van der Waals surface area contributed by atoms with E-state index in [1.54, 1.807) is 0 Å². The van der Waals surface area contributed by atoms with Crippen molar-refractivity contribution in [3.05, 3.63) is 36.3 Å². The number of nitrogens with one attached hydrogen (secondary N) is 1. The Morgan fingerprint density at radius 3 is 2.95 bits per heavy atom. The van der Waals surface area contributed by atoms with Gasteiger partial charge in [-0.3, -0.25) is 9.59 Å². The summed E-state index contributed by atoms with van der Waals surface area (Å²) in [6, 6.07) is 5.71. The van der Waals surface area contributed by atoms with Crippen LogP contribution in [0.5, 0.6) is 0 Å². The van der Waals surface area contributed by atoms with Crippen LogP contribution in [0.4, 0.5) is 0 Å². The van der Waals surface area contributed by atoms with Gasteiger partial charge in [-0.05, 0) is 19.1 Å². The average molecular weight is 261 g/mol. The zero-order valence-corrected chi connectivity index (χ0v) is 10.5. The third kappa shape index (κ3) is 3.09. The number of rotatable bonds is 5. The van der Waals surface area contributed by atoms with Gasteiger partial charge in [0.15, 0.2) is 0 Å². The molecule has 1 amide bonds. The summed E-state index contributed by atoms with van der Waals surface area (Å²) in [7, 11) is 0. The van der Waals surface area contributed by atoms with E-state index in [4.69, 9.17) is 5.11 Å². The fraction of sp³-hybridized carbons (Fsp3) is 0.308. The van der Waals surface area contributed by atoms with Crippen LogP contribution in [0, 0.1) is 5.92 Å². The predicted molar refractivity (Wildman–Crippen MR) is 68.7 cm³/mol. The van der Waals surface area contributed by atoms with Crippen molar-refractivity contribution in [2.24, 2.45) is 5.92 Å². The Hall–Kier alpha value is -2.37. The minimum absolute atomic E-state index is 0.375. The molecule has 2 aromatic rings. The zero-order valence-electron chi connectivity index (χ0n) is 10.5. The molecule has 0 aliphatic heterocycles. The summed E-state index contributed by atoms with van der Waals surface area (Å²) in [6.07, 6.45) is 4.36. The minimum atomic E-state index is -1.12. The van der Waals surface area contributed by atoms with Crippen LogP contribution in [-0.2, 0) is 16.0 Å². The highest BCUT2D eigenvalue weighted by molar-refractivity contribution is 5.96. The molecule has 2 aromatic heterocycles. The topological polar surface area (TPSA) is 83.7 Å². The van der Waals surface area contributed by atoms with Crippen LogP contribution >= 0.6 is 0 Å². The van der Waals surface area contributed by atoms with Gasteiger partial charge in [0.05, 0.1) is 5.69 Å². The van der Waals surface area contributed by atoms with E-state index in [1.165, 1.54) is 6.92 Å². The molecule has 0 aliphatic rings. The second-order valence-corrected chi connectivity index (χ2v) is 4.30. The first-order chi connectivity index (χ1) is 9.08. The van der Waals surface area contributed by atoms with Gasteiger partial charge in [-0.15, -0.1) is 0 Å². The van der Waals surface area contributed by atoms with E-state index >= 15 is 0 Å². The third-order valence-corrected chi connectivity index (χ3v) is 2.86. The largest absolute Gasteiger partial charge is 0.481 e. The van der Waals surface area contributed by atoms with Crippen LogP contribution in [0.1, 0.15) is 12.6 Å². The lowest BCUT2D eigenvalue weighted by molar-refractivity contribution is -0.146. The summed E-state index contributed by atoms with van der Waals surface area (Å²) < 4.78 is 1.90. The molecule has 100 valence electrons. The fourth-order valence-corrected chi connectivity index (χ4v) is 1.69. The smallest absolute Gasteiger partial charge is 0.315 e. The molecule has 0 saturated heterocycles. The lowest BCUT2D eigenvalue weighted by Crippen LogP contribution is -2.34. The summed E-state index contributed by atoms with van der Waals surface area (Å²) >= 11 is 0. The van der Waals surface area contributed by atoms with Crippen molar-refractivity contribution in [3.63, 3.8) is 0 Å². The summed E-state index contributed by atoms with van der Waals surface area (Å²) in [5, 5.41) is 11.3. The van der Waals surface area contributed by atoms with E-state index in [0.717, 1.165) is 11.3 Å². The van der Waals surface area contributed by atoms with Crippen molar-refractivity contribution in [2.75, 3.05) is 6.54 Å². The summed E-state index contributed by atoms with van der Waals surface area (Å²) in [6.45, 7) is 1.74. The Morgan fingerprint density at radius 2 is 2.26 bits per heavy atom. The van der Waals surface area contributed by atoms with Crippen LogP contribution in [-0.4, -0.2) is 32.9 Å². The molecule has 0 spiro atoms. The second-order valence-electron chi connectivity index (χ2n) is 4.30. The second kappa shape index (κ2) is 5.51. The zero-order chi connectivity index (χ0) is 13.8. The van der Waals surface area contributed by atoms with Gasteiger partial charge < -0.3 is 14.8 Å².